The number of carbonyl (C=O) groups is 1. The van der Waals surface area contributed by atoms with Gasteiger partial charge in [-0.15, -0.1) is 0 Å². The van der Waals surface area contributed by atoms with Gasteiger partial charge in [-0.3, -0.25) is 0 Å². The molecule has 3 aromatic carbocycles. The topological polar surface area (TPSA) is 44.8 Å². The minimum atomic E-state index is -1.85. The molecule has 0 aromatic heterocycles. The maximum absolute atomic E-state index is 12.3. The highest BCUT2D eigenvalue weighted by Crippen LogP contribution is 2.37. The number of aryl methyl sites for hydroxylation is 1. The van der Waals surface area contributed by atoms with Crippen LogP contribution in [0.5, 0.6) is 5.75 Å². The molecule has 0 aliphatic rings. The van der Waals surface area contributed by atoms with Crippen LogP contribution in [0, 0.1) is 6.92 Å². The Hall–Kier alpha value is -2.89. The molecular weight excluding hydrogens is 440 g/mol. The van der Waals surface area contributed by atoms with Gasteiger partial charge in [-0.05, 0) is 77.1 Å². The largest absolute Gasteiger partial charge is 0.544 e. The summed E-state index contributed by atoms with van der Waals surface area (Å²) in [6.45, 7) is 14.2. The van der Waals surface area contributed by atoms with Crippen molar-refractivity contribution in [3.05, 3.63) is 89.0 Å². The second-order valence-electron chi connectivity index (χ2n) is 10.2. The molecule has 0 aliphatic heterocycles. The van der Waals surface area contributed by atoms with E-state index in [-0.39, 0.29) is 11.0 Å². The number of methoxy groups -OCH3 is 1. The summed E-state index contributed by atoms with van der Waals surface area (Å²) in [6, 6.07) is 22.0. The molecular formula is C29H36O4Si. The lowest BCUT2D eigenvalue weighted by Crippen LogP contribution is -2.43. The van der Waals surface area contributed by atoms with Crippen molar-refractivity contribution in [2.24, 2.45) is 0 Å². The van der Waals surface area contributed by atoms with E-state index in [2.05, 4.69) is 46.0 Å². The zero-order chi connectivity index (χ0) is 24.9. The highest BCUT2D eigenvalue weighted by molar-refractivity contribution is 6.74. The minimum absolute atomic E-state index is 0.162. The number of esters is 1. The number of ether oxygens (including phenoxy) is 2. The molecule has 180 valence electrons. The molecule has 0 fully saturated rings. The lowest BCUT2D eigenvalue weighted by atomic mass is 9.94. The highest BCUT2D eigenvalue weighted by atomic mass is 28.4. The number of carbonyl (C=O) groups excluding carboxylic acids is 1. The van der Waals surface area contributed by atoms with Crippen LogP contribution >= 0.6 is 0 Å². The third kappa shape index (κ3) is 6.16. The van der Waals surface area contributed by atoms with Crippen LogP contribution in [0.25, 0.3) is 11.1 Å². The Morgan fingerprint density at radius 1 is 0.853 bits per heavy atom. The van der Waals surface area contributed by atoms with Crippen LogP contribution < -0.4 is 4.43 Å². The first-order chi connectivity index (χ1) is 16.0. The van der Waals surface area contributed by atoms with E-state index < -0.39 is 8.32 Å². The molecule has 0 saturated carbocycles. The summed E-state index contributed by atoms with van der Waals surface area (Å²) in [6.07, 6.45) is 0. The van der Waals surface area contributed by atoms with Gasteiger partial charge >= 0.3 is 5.97 Å². The van der Waals surface area contributed by atoms with Crippen molar-refractivity contribution < 1.29 is 18.7 Å². The van der Waals surface area contributed by atoms with Gasteiger partial charge in [0.1, 0.15) is 5.75 Å². The molecule has 0 aliphatic carbocycles. The van der Waals surface area contributed by atoms with E-state index in [1.807, 2.05) is 61.5 Å². The van der Waals surface area contributed by atoms with Crippen LogP contribution in [0.1, 0.15) is 47.8 Å². The fourth-order valence-corrected chi connectivity index (χ4v) is 4.49. The van der Waals surface area contributed by atoms with Crippen LogP contribution in [0.4, 0.5) is 0 Å². The van der Waals surface area contributed by atoms with Crippen molar-refractivity contribution in [3.63, 3.8) is 0 Å². The molecule has 3 aromatic rings. The quantitative estimate of drug-likeness (QED) is 0.249. The van der Waals surface area contributed by atoms with Gasteiger partial charge in [0.15, 0.2) is 0 Å². The smallest absolute Gasteiger partial charge is 0.338 e. The summed E-state index contributed by atoms with van der Waals surface area (Å²) < 4.78 is 17.4. The Morgan fingerprint density at radius 2 is 1.47 bits per heavy atom. The minimum Gasteiger partial charge on any atom is -0.544 e. The molecule has 0 saturated heterocycles. The zero-order valence-electron chi connectivity index (χ0n) is 21.4. The van der Waals surface area contributed by atoms with Crippen molar-refractivity contribution in [1.82, 2.24) is 0 Å². The molecule has 5 heteroatoms. The monoisotopic (exact) mass is 476 g/mol. The molecule has 0 bridgehead atoms. The first-order valence-corrected chi connectivity index (χ1v) is 14.6. The van der Waals surface area contributed by atoms with E-state index in [4.69, 9.17) is 13.9 Å². The first kappa shape index (κ1) is 25.7. The normalized spacial score (nSPS) is 11.9. The van der Waals surface area contributed by atoms with Crippen molar-refractivity contribution in [3.8, 4) is 16.9 Å². The molecule has 0 atom stereocenters. The summed E-state index contributed by atoms with van der Waals surface area (Å²) in [4.78, 5) is 12.3. The zero-order valence-corrected chi connectivity index (χ0v) is 22.4. The van der Waals surface area contributed by atoms with Crippen LogP contribution in [-0.2, 0) is 22.7 Å². The third-order valence-corrected chi connectivity index (χ3v) is 10.9. The molecule has 0 unspecified atom stereocenters. The second-order valence-corrected chi connectivity index (χ2v) is 14.9. The van der Waals surface area contributed by atoms with Gasteiger partial charge in [-0.2, -0.15) is 0 Å². The molecule has 0 radical (unpaired) electrons. The molecule has 4 nitrogen and oxygen atoms in total. The molecule has 34 heavy (non-hydrogen) atoms. The van der Waals surface area contributed by atoms with Crippen molar-refractivity contribution in [1.29, 1.82) is 0 Å². The Kier molecular flexibility index (Phi) is 8.00. The van der Waals surface area contributed by atoms with Gasteiger partial charge < -0.3 is 13.9 Å². The van der Waals surface area contributed by atoms with Crippen molar-refractivity contribution in [2.75, 3.05) is 7.11 Å². The van der Waals surface area contributed by atoms with Gasteiger partial charge in [0.2, 0.25) is 8.32 Å². The lowest BCUT2D eigenvalue weighted by Gasteiger charge is -2.36. The second kappa shape index (κ2) is 10.6. The Labute approximate surface area is 205 Å². The van der Waals surface area contributed by atoms with E-state index in [0.29, 0.717) is 18.8 Å². The van der Waals surface area contributed by atoms with E-state index in [1.165, 1.54) is 7.11 Å². The van der Waals surface area contributed by atoms with Crippen LogP contribution in [0.15, 0.2) is 66.7 Å². The van der Waals surface area contributed by atoms with E-state index in [1.54, 1.807) is 0 Å². The van der Waals surface area contributed by atoms with Crippen LogP contribution in [0.2, 0.25) is 18.1 Å². The van der Waals surface area contributed by atoms with Crippen molar-refractivity contribution >= 4 is 14.3 Å². The molecule has 0 spiro atoms. The van der Waals surface area contributed by atoms with Gasteiger partial charge in [-0.1, -0.05) is 63.2 Å². The number of hydrogen-bond donors (Lipinski definition) is 0. The van der Waals surface area contributed by atoms with Gasteiger partial charge in [0.25, 0.3) is 0 Å². The van der Waals surface area contributed by atoms with Gasteiger partial charge in [-0.25, -0.2) is 4.79 Å². The predicted octanol–water partition coefficient (Wildman–Crippen LogP) is 7.55. The Morgan fingerprint density at radius 3 is 2.09 bits per heavy atom. The maximum Gasteiger partial charge on any atom is 0.338 e. The molecule has 0 N–H and O–H groups in total. The first-order valence-electron chi connectivity index (χ1n) is 11.6. The third-order valence-electron chi connectivity index (χ3n) is 6.56. The van der Waals surface area contributed by atoms with Crippen molar-refractivity contribution in [2.45, 2.75) is 59.0 Å². The van der Waals surface area contributed by atoms with Gasteiger partial charge in [0.05, 0.1) is 25.9 Å². The number of rotatable bonds is 8. The fraction of sp³-hybridized carbons (Fsp3) is 0.345. The van der Waals surface area contributed by atoms with E-state index >= 15 is 0 Å². The Bertz CT molecular complexity index is 1130. The number of hydrogen-bond acceptors (Lipinski definition) is 4. The summed E-state index contributed by atoms with van der Waals surface area (Å²) >= 11 is 0. The molecule has 0 amide bonds. The molecule has 3 rings (SSSR count). The Balaban J connectivity index is 1.69. The summed E-state index contributed by atoms with van der Waals surface area (Å²) in [5.41, 5.74) is 5.63. The van der Waals surface area contributed by atoms with Crippen LogP contribution in [-0.4, -0.2) is 21.4 Å². The van der Waals surface area contributed by atoms with Crippen LogP contribution in [0.3, 0.4) is 0 Å². The molecule has 0 heterocycles. The SMILES string of the molecule is COC(=O)c1ccc(COCc2ccc(O[Si](C)(C)C(C)(C)C)cc2)cc1-c1ccccc1C. The average Bonchev–Trinajstić information content (AvgIpc) is 2.79. The summed E-state index contributed by atoms with van der Waals surface area (Å²) in [5.74, 6) is 0.572. The highest BCUT2D eigenvalue weighted by Gasteiger charge is 2.38. The van der Waals surface area contributed by atoms with Gasteiger partial charge in [0, 0.05) is 0 Å². The lowest BCUT2D eigenvalue weighted by molar-refractivity contribution is 0.0601. The fourth-order valence-electron chi connectivity index (χ4n) is 3.46. The summed E-state index contributed by atoms with van der Waals surface area (Å²) in [7, 11) is -0.444. The maximum atomic E-state index is 12.3. The number of benzene rings is 3. The van der Waals surface area contributed by atoms with E-state index in [0.717, 1.165) is 33.6 Å². The standard InChI is InChI=1S/C29H36O4Si/c1-21-10-8-9-11-25(21)27-18-23(14-17-26(27)28(30)31-5)20-32-19-22-12-15-24(16-13-22)33-34(6,7)29(2,3)4/h8-18H,19-20H2,1-7H3. The predicted molar refractivity (Wildman–Crippen MR) is 141 cm³/mol. The van der Waals surface area contributed by atoms with E-state index in [9.17, 15) is 4.79 Å². The average molecular weight is 477 g/mol. The summed E-state index contributed by atoms with van der Waals surface area (Å²) in [5, 5.41) is 0.162.